The Labute approximate surface area is 125 Å². The predicted octanol–water partition coefficient (Wildman–Crippen LogP) is 4.39. The number of nitrogens with two attached hydrogens (primary N) is 1. The van der Waals surface area contributed by atoms with E-state index in [1.165, 1.54) is 0 Å². The van der Waals surface area contributed by atoms with Crippen LogP contribution in [-0.4, -0.2) is 12.1 Å². The summed E-state index contributed by atoms with van der Waals surface area (Å²) < 4.78 is 11.0. The first-order valence-corrected chi connectivity index (χ1v) is 6.53. The summed E-state index contributed by atoms with van der Waals surface area (Å²) in [6, 6.07) is 8.55. The van der Waals surface area contributed by atoms with Crippen LogP contribution in [0.4, 0.5) is 5.69 Å². The molecule has 4 nitrogen and oxygen atoms in total. The van der Waals surface area contributed by atoms with Crippen LogP contribution in [0.1, 0.15) is 0 Å². The zero-order valence-electron chi connectivity index (χ0n) is 10.5. The summed E-state index contributed by atoms with van der Waals surface area (Å²) in [5.41, 5.74) is 8.11. The summed E-state index contributed by atoms with van der Waals surface area (Å²) in [6.45, 7) is 0. The topological polar surface area (TPSA) is 61.3 Å². The van der Waals surface area contributed by atoms with Gasteiger partial charge >= 0.3 is 0 Å². The molecule has 1 aromatic heterocycles. The maximum Gasteiger partial charge on any atom is 0.231 e. The van der Waals surface area contributed by atoms with Crippen molar-refractivity contribution in [1.82, 2.24) is 4.98 Å². The van der Waals surface area contributed by atoms with Gasteiger partial charge in [-0.25, -0.2) is 4.98 Å². The van der Waals surface area contributed by atoms with Crippen LogP contribution in [0.5, 0.6) is 5.75 Å². The van der Waals surface area contributed by atoms with Crippen molar-refractivity contribution in [1.29, 1.82) is 0 Å². The Morgan fingerprint density at radius 3 is 2.75 bits per heavy atom. The number of benzene rings is 2. The fourth-order valence-corrected chi connectivity index (χ4v) is 2.48. The Balaban J connectivity index is 2.22. The Bertz CT molecular complexity index is 799. The molecule has 3 aromatic rings. The van der Waals surface area contributed by atoms with Crippen LogP contribution in [0, 0.1) is 0 Å². The minimum Gasteiger partial charge on any atom is -0.496 e. The Hall–Kier alpha value is -1.91. The molecular formula is C14H10Cl2N2O2. The van der Waals surface area contributed by atoms with Gasteiger partial charge in [0.1, 0.15) is 11.3 Å². The summed E-state index contributed by atoms with van der Waals surface area (Å²) in [4.78, 5) is 4.39. The van der Waals surface area contributed by atoms with Crippen LogP contribution in [0.2, 0.25) is 10.0 Å². The smallest absolute Gasteiger partial charge is 0.231 e. The van der Waals surface area contributed by atoms with Gasteiger partial charge in [0.25, 0.3) is 0 Å². The van der Waals surface area contributed by atoms with E-state index in [-0.39, 0.29) is 0 Å². The zero-order valence-corrected chi connectivity index (χ0v) is 12.0. The van der Waals surface area contributed by atoms with Crippen LogP contribution < -0.4 is 10.5 Å². The van der Waals surface area contributed by atoms with Crippen molar-refractivity contribution < 1.29 is 9.15 Å². The Kier molecular flexibility index (Phi) is 3.20. The first-order chi connectivity index (χ1) is 9.58. The monoisotopic (exact) mass is 308 g/mol. The van der Waals surface area contributed by atoms with Crippen LogP contribution in [-0.2, 0) is 0 Å². The number of fused-ring (bicyclic) bond motifs is 1. The maximum atomic E-state index is 6.09. The molecule has 0 saturated carbocycles. The molecule has 20 heavy (non-hydrogen) atoms. The van der Waals surface area contributed by atoms with Crippen LogP contribution in [0.25, 0.3) is 22.6 Å². The molecular weight excluding hydrogens is 299 g/mol. The van der Waals surface area contributed by atoms with Crippen LogP contribution in [0.15, 0.2) is 34.7 Å². The maximum absolute atomic E-state index is 6.09. The average Bonchev–Trinajstić information content (AvgIpc) is 2.82. The summed E-state index contributed by atoms with van der Waals surface area (Å²) in [5.74, 6) is 0.986. The molecule has 0 aliphatic carbocycles. The molecule has 1 heterocycles. The quantitative estimate of drug-likeness (QED) is 0.713. The number of oxazole rings is 1. The number of hydrogen-bond donors (Lipinski definition) is 1. The van der Waals surface area contributed by atoms with E-state index in [9.17, 15) is 0 Å². The van der Waals surface area contributed by atoms with Crippen molar-refractivity contribution in [2.45, 2.75) is 0 Å². The van der Waals surface area contributed by atoms with E-state index in [4.69, 9.17) is 38.1 Å². The van der Waals surface area contributed by atoms with E-state index in [0.717, 1.165) is 0 Å². The molecule has 0 saturated heterocycles. The third-order valence-corrected chi connectivity index (χ3v) is 3.36. The van der Waals surface area contributed by atoms with Gasteiger partial charge in [-0.15, -0.1) is 0 Å². The molecule has 0 radical (unpaired) electrons. The van der Waals surface area contributed by atoms with Gasteiger partial charge in [-0.05, 0) is 24.3 Å². The van der Waals surface area contributed by atoms with Gasteiger partial charge in [0.15, 0.2) is 5.58 Å². The number of nitrogens with zero attached hydrogens (tertiary/aromatic N) is 1. The average molecular weight is 309 g/mol. The molecule has 0 spiro atoms. The van der Waals surface area contributed by atoms with Crippen molar-refractivity contribution in [2.24, 2.45) is 0 Å². The normalized spacial score (nSPS) is 10.9. The Morgan fingerprint density at radius 1 is 1.20 bits per heavy atom. The lowest BCUT2D eigenvalue weighted by atomic mass is 10.2. The molecule has 0 unspecified atom stereocenters. The number of hydrogen-bond acceptors (Lipinski definition) is 4. The molecule has 6 heteroatoms. The van der Waals surface area contributed by atoms with Crippen molar-refractivity contribution in [2.75, 3.05) is 12.8 Å². The molecule has 0 bridgehead atoms. The van der Waals surface area contributed by atoms with Gasteiger partial charge in [-0.1, -0.05) is 23.2 Å². The van der Waals surface area contributed by atoms with Crippen molar-refractivity contribution in [3.63, 3.8) is 0 Å². The molecule has 0 amide bonds. The van der Waals surface area contributed by atoms with Gasteiger partial charge in [-0.3, -0.25) is 0 Å². The lowest BCUT2D eigenvalue weighted by molar-refractivity contribution is 0.415. The number of anilines is 1. The zero-order chi connectivity index (χ0) is 14.3. The third kappa shape index (κ3) is 2.17. The first-order valence-electron chi connectivity index (χ1n) is 5.78. The SMILES string of the molecule is COc1cc(N)ccc1-c1nc2cc(Cl)cc(Cl)c2o1. The van der Waals surface area contributed by atoms with Gasteiger partial charge in [0.2, 0.25) is 5.89 Å². The molecule has 3 rings (SSSR count). The highest BCUT2D eigenvalue weighted by atomic mass is 35.5. The standard InChI is InChI=1S/C14H10Cl2N2O2/c1-19-12-6-8(17)2-3-9(12)14-18-11-5-7(15)4-10(16)13(11)20-14/h2-6H,17H2,1H3. The minimum atomic E-state index is 0.404. The fourth-order valence-electron chi connectivity index (χ4n) is 1.96. The minimum absolute atomic E-state index is 0.404. The summed E-state index contributed by atoms with van der Waals surface area (Å²) in [6.07, 6.45) is 0. The second kappa shape index (κ2) is 4.89. The molecule has 0 atom stereocenters. The molecule has 0 fully saturated rings. The lowest BCUT2D eigenvalue weighted by Gasteiger charge is -2.05. The van der Waals surface area contributed by atoms with E-state index in [2.05, 4.69) is 4.98 Å². The van der Waals surface area contributed by atoms with E-state index in [0.29, 0.717) is 44.0 Å². The number of methoxy groups -OCH3 is 1. The fraction of sp³-hybridized carbons (Fsp3) is 0.0714. The molecule has 0 aliphatic rings. The molecule has 102 valence electrons. The van der Waals surface area contributed by atoms with Gasteiger partial charge in [0, 0.05) is 16.8 Å². The second-order valence-electron chi connectivity index (χ2n) is 4.21. The van der Waals surface area contributed by atoms with Crippen molar-refractivity contribution in [3.8, 4) is 17.2 Å². The van der Waals surface area contributed by atoms with Gasteiger partial charge in [-0.2, -0.15) is 0 Å². The van der Waals surface area contributed by atoms with E-state index in [1.807, 2.05) is 0 Å². The van der Waals surface area contributed by atoms with Gasteiger partial charge < -0.3 is 14.9 Å². The largest absolute Gasteiger partial charge is 0.496 e. The highest BCUT2D eigenvalue weighted by Crippen LogP contribution is 2.36. The second-order valence-corrected chi connectivity index (χ2v) is 5.06. The highest BCUT2D eigenvalue weighted by molar-refractivity contribution is 6.38. The van der Waals surface area contributed by atoms with Crippen molar-refractivity contribution in [3.05, 3.63) is 40.4 Å². The van der Waals surface area contributed by atoms with Crippen LogP contribution in [0.3, 0.4) is 0 Å². The number of aromatic nitrogens is 1. The lowest BCUT2D eigenvalue weighted by Crippen LogP contribution is -1.91. The predicted molar refractivity (Wildman–Crippen MR) is 80.4 cm³/mol. The Morgan fingerprint density at radius 2 is 2.00 bits per heavy atom. The number of ether oxygens (including phenoxy) is 1. The first kappa shape index (κ1) is 13.1. The molecule has 2 N–H and O–H groups in total. The third-order valence-electron chi connectivity index (χ3n) is 2.87. The number of rotatable bonds is 2. The summed E-state index contributed by atoms with van der Waals surface area (Å²) in [7, 11) is 1.56. The highest BCUT2D eigenvalue weighted by Gasteiger charge is 2.15. The number of halogens is 2. The van der Waals surface area contributed by atoms with Crippen LogP contribution >= 0.6 is 23.2 Å². The van der Waals surface area contributed by atoms with Gasteiger partial charge in [0.05, 0.1) is 17.7 Å². The van der Waals surface area contributed by atoms with E-state index < -0.39 is 0 Å². The molecule has 0 aliphatic heterocycles. The number of nitrogen functional groups attached to an aromatic ring is 1. The summed E-state index contributed by atoms with van der Waals surface area (Å²) >= 11 is 12.0. The van der Waals surface area contributed by atoms with Crippen molar-refractivity contribution >= 4 is 40.0 Å². The van der Waals surface area contributed by atoms with E-state index in [1.54, 1.807) is 37.4 Å². The summed E-state index contributed by atoms with van der Waals surface area (Å²) in [5, 5.41) is 0.923. The molecule has 2 aromatic carbocycles. The van der Waals surface area contributed by atoms with E-state index >= 15 is 0 Å².